The maximum atomic E-state index is 14.1. The average molecular weight is 277 g/mol. The molecule has 2 nitrogen and oxygen atoms in total. The van der Waals surface area contributed by atoms with Gasteiger partial charge in [0.25, 0.3) is 0 Å². The van der Waals surface area contributed by atoms with Gasteiger partial charge in [-0.2, -0.15) is 0 Å². The van der Waals surface area contributed by atoms with Crippen LogP contribution in [0.4, 0.5) is 8.78 Å². The van der Waals surface area contributed by atoms with E-state index in [-0.39, 0.29) is 11.3 Å². The summed E-state index contributed by atoms with van der Waals surface area (Å²) in [5.41, 5.74) is 8.53. The summed E-state index contributed by atoms with van der Waals surface area (Å²) in [6.07, 6.45) is 0. The van der Waals surface area contributed by atoms with Gasteiger partial charge in [-0.15, -0.1) is 0 Å². The summed E-state index contributed by atoms with van der Waals surface area (Å²) in [7, 11) is 1.36. The first-order chi connectivity index (χ1) is 9.43. The van der Waals surface area contributed by atoms with E-state index >= 15 is 0 Å². The highest BCUT2D eigenvalue weighted by molar-refractivity contribution is 5.41. The second-order valence-electron chi connectivity index (χ2n) is 4.84. The van der Waals surface area contributed by atoms with Gasteiger partial charge < -0.3 is 10.5 Å². The van der Waals surface area contributed by atoms with Gasteiger partial charge in [0.15, 0.2) is 0 Å². The largest absolute Gasteiger partial charge is 0.497 e. The number of rotatable bonds is 3. The highest BCUT2D eigenvalue weighted by atomic mass is 19.1. The maximum Gasteiger partial charge on any atom is 0.134 e. The molecule has 1 unspecified atom stereocenters. The van der Waals surface area contributed by atoms with E-state index < -0.39 is 17.7 Å². The highest BCUT2D eigenvalue weighted by Crippen LogP contribution is 2.30. The third kappa shape index (κ3) is 2.65. The molecular weight excluding hydrogens is 260 g/mol. The lowest BCUT2D eigenvalue weighted by Gasteiger charge is -2.18. The molecule has 0 aliphatic rings. The van der Waals surface area contributed by atoms with Gasteiger partial charge in [-0.3, -0.25) is 0 Å². The molecule has 20 heavy (non-hydrogen) atoms. The van der Waals surface area contributed by atoms with Gasteiger partial charge in [0.2, 0.25) is 0 Å². The summed E-state index contributed by atoms with van der Waals surface area (Å²) in [6, 6.07) is 7.12. The van der Waals surface area contributed by atoms with Gasteiger partial charge in [-0.1, -0.05) is 23.8 Å². The minimum atomic E-state index is -0.846. The number of halogens is 2. The fourth-order valence-electron chi connectivity index (χ4n) is 2.23. The second-order valence-corrected chi connectivity index (χ2v) is 4.84. The van der Waals surface area contributed by atoms with Crippen molar-refractivity contribution in [1.29, 1.82) is 0 Å². The number of ether oxygens (including phenoxy) is 1. The van der Waals surface area contributed by atoms with Crippen LogP contribution in [0.1, 0.15) is 28.3 Å². The lowest BCUT2D eigenvalue weighted by atomic mass is 9.93. The number of nitrogens with two attached hydrogens (primary N) is 1. The smallest absolute Gasteiger partial charge is 0.134 e. The van der Waals surface area contributed by atoms with Crippen molar-refractivity contribution in [2.45, 2.75) is 19.9 Å². The number of hydrogen-bond acceptors (Lipinski definition) is 2. The van der Waals surface area contributed by atoms with Crippen LogP contribution in [0.3, 0.4) is 0 Å². The Morgan fingerprint density at radius 2 is 1.65 bits per heavy atom. The predicted molar refractivity (Wildman–Crippen MR) is 74.9 cm³/mol. The zero-order valence-corrected chi connectivity index (χ0v) is 11.7. The Kier molecular flexibility index (Phi) is 4.04. The fraction of sp³-hybridized carbons (Fsp3) is 0.250. The fourth-order valence-corrected chi connectivity index (χ4v) is 2.23. The molecule has 106 valence electrons. The van der Waals surface area contributed by atoms with E-state index in [2.05, 4.69) is 0 Å². The first-order valence-corrected chi connectivity index (χ1v) is 6.29. The maximum absolute atomic E-state index is 14.1. The predicted octanol–water partition coefficient (Wildman–Crippen LogP) is 3.64. The van der Waals surface area contributed by atoms with Gasteiger partial charge in [0, 0.05) is 17.7 Å². The van der Waals surface area contributed by atoms with Gasteiger partial charge in [0.1, 0.15) is 17.4 Å². The zero-order valence-electron chi connectivity index (χ0n) is 11.7. The summed E-state index contributed by atoms with van der Waals surface area (Å²) in [6.45, 7) is 3.78. The molecule has 0 amide bonds. The van der Waals surface area contributed by atoms with E-state index in [1.54, 1.807) is 0 Å². The molecule has 0 aliphatic heterocycles. The van der Waals surface area contributed by atoms with Crippen molar-refractivity contribution >= 4 is 0 Å². The van der Waals surface area contributed by atoms with Crippen molar-refractivity contribution < 1.29 is 13.5 Å². The topological polar surface area (TPSA) is 35.2 Å². The van der Waals surface area contributed by atoms with Crippen LogP contribution in [0, 0.1) is 25.5 Å². The molecule has 0 saturated heterocycles. The zero-order chi connectivity index (χ0) is 14.9. The van der Waals surface area contributed by atoms with Crippen molar-refractivity contribution in [3.63, 3.8) is 0 Å². The molecule has 4 heteroatoms. The lowest BCUT2D eigenvalue weighted by molar-refractivity contribution is 0.404. The molecule has 0 heterocycles. The lowest BCUT2D eigenvalue weighted by Crippen LogP contribution is -2.17. The van der Waals surface area contributed by atoms with Crippen LogP contribution in [0.2, 0.25) is 0 Å². The Bertz CT molecular complexity index is 617. The van der Waals surface area contributed by atoms with E-state index in [0.717, 1.165) is 23.3 Å². The van der Waals surface area contributed by atoms with E-state index in [4.69, 9.17) is 10.5 Å². The number of aryl methyl sites for hydroxylation is 2. The van der Waals surface area contributed by atoms with Gasteiger partial charge >= 0.3 is 0 Å². The summed E-state index contributed by atoms with van der Waals surface area (Å²) in [5, 5.41) is 0. The first kappa shape index (κ1) is 14.5. The average Bonchev–Trinajstić information content (AvgIpc) is 2.40. The van der Waals surface area contributed by atoms with Crippen LogP contribution < -0.4 is 10.5 Å². The molecule has 0 saturated carbocycles. The van der Waals surface area contributed by atoms with Crippen LogP contribution in [0.25, 0.3) is 0 Å². The minimum absolute atomic E-state index is 0.136. The van der Waals surface area contributed by atoms with Crippen LogP contribution in [0.15, 0.2) is 30.3 Å². The Labute approximate surface area is 117 Å². The van der Waals surface area contributed by atoms with E-state index in [1.807, 2.05) is 32.0 Å². The highest BCUT2D eigenvalue weighted by Gasteiger charge is 2.21. The molecule has 2 N–H and O–H groups in total. The molecule has 2 aromatic rings. The number of methoxy groups -OCH3 is 1. The molecule has 0 radical (unpaired) electrons. The van der Waals surface area contributed by atoms with Crippen molar-refractivity contribution in [2.24, 2.45) is 5.73 Å². The Hall–Kier alpha value is -1.94. The molecule has 0 aromatic heterocycles. The van der Waals surface area contributed by atoms with Crippen LogP contribution in [-0.4, -0.2) is 7.11 Å². The first-order valence-electron chi connectivity index (χ1n) is 6.29. The normalized spacial score (nSPS) is 12.3. The standard InChI is InChI=1S/C16H17F2NO/c1-9-4-5-10(2)12(6-9)16(19)15-13(17)7-11(20-3)8-14(15)18/h4-8,16H,19H2,1-3H3. The van der Waals surface area contributed by atoms with Gasteiger partial charge in [-0.05, 0) is 25.0 Å². The molecular formula is C16H17F2NO. The Balaban J connectivity index is 2.53. The van der Waals surface area contributed by atoms with E-state index in [1.165, 1.54) is 7.11 Å². The van der Waals surface area contributed by atoms with Crippen molar-refractivity contribution in [1.82, 2.24) is 0 Å². The van der Waals surface area contributed by atoms with Crippen molar-refractivity contribution in [2.75, 3.05) is 7.11 Å². The second kappa shape index (κ2) is 5.59. The molecule has 2 aromatic carbocycles. The Morgan fingerprint density at radius 1 is 1.05 bits per heavy atom. The molecule has 0 aliphatic carbocycles. The quantitative estimate of drug-likeness (QED) is 0.929. The summed E-state index contributed by atoms with van der Waals surface area (Å²) >= 11 is 0. The summed E-state index contributed by atoms with van der Waals surface area (Å²) in [4.78, 5) is 0. The van der Waals surface area contributed by atoms with Gasteiger partial charge in [0.05, 0.1) is 13.2 Å². The van der Waals surface area contributed by atoms with Crippen molar-refractivity contribution in [3.8, 4) is 5.75 Å². The summed E-state index contributed by atoms with van der Waals surface area (Å²) < 4.78 is 33.0. The van der Waals surface area contributed by atoms with Crippen molar-refractivity contribution in [3.05, 3.63) is 64.2 Å². The van der Waals surface area contributed by atoms with E-state index in [0.29, 0.717) is 5.56 Å². The minimum Gasteiger partial charge on any atom is -0.497 e. The SMILES string of the molecule is COc1cc(F)c(C(N)c2cc(C)ccc2C)c(F)c1. The summed E-state index contributed by atoms with van der Waals surface area (Å²) in [5.74, 6) is -1.26. The molecule has 0 spiro atoms. The third-order valence-corrected chi connectivity index (χ3v) is 3.37. The van der Waals surface area contributed by atoms with Crippen LogP contribution in [0.5, 0.6) is 5.75 Å². The number of hydrogen-bond donors (Lipinski definition) is 1. The molecule has 0 bridgehead atoms. The third-order valence-electron chi connectivity index (χ3n) is 3.37. The molecule has 0 fully saturated rings. The number of benzene rings is 2. The molecule has 1 atom stereocenters. The molecule has 2 rings (SSSR count). The van der Waals surface area contributed by atoms with Crippen LogP contribution in [-0.2, 0) is 0 Å². The van der Waals surface area contributed by atoms with Gasteiger partial charge in [-0.25, -0.2) is 8.78 Å². The Morgan fingerprint density at radius 3 is 2.20 bits per heavy atom. The van der Waals surface area contributed by atoms with E-state index in [9.17, 15) is 8.78 Å². The van der Waals surface area contributed by atoms with Crippen LogP contribution >= 0.6 is 0 Å². The monoisotopic (exact) mass is 277 g/mol.